The van der Waals surface area contributed by atoms with Gasteiger partial charge in [0.2, 0.25) is 5.91 Å². The summed E-state index contributed by atoms with van der Waals surface area (Å²) in [6.07, 6.45) is -2.37. The van der Waals surface area contributed by atoms with Crippen LogP contribution in [0.15, 0.2) is 54.6 Å². The Hall–Kier alpha value is -4.54. The molecular weight excluding hydrogens is 512 g/mol. The maximum Gasteiger partial charge on any atom is 0.586 e. The average molecular weight is 538 g/mol. The van der Waals surface area contributed by atoms with Crippen molar-refractivity contribution in [3.8, 4) is 22.8 Å². The molecule has 0 saturated heterocycles. The molecule has 5 rings (SSSR count). The third-order valence-corrected chi connectivity index (χ3v) is 6.73. The molecule has 1 saturated carbocycles. The summed E-state index contributed by atoms with van der Waals surface area (Å²) < 4.78 is 35.9. The topological polar surface area (TPSA) is 127 Å². The van der Waals surface area contributed by atoms with Crippen molar-refractivity contribution in [1.82, 2.24) is 10.3 Å². The molecule has 2 aromatic carbocycles. The summed E-state index contributed by atoms with van der Waals surface area (Å²) in [7, 11) is 0. The van der Waals surface area contributed by atoms with E-state index >= 15 is 0 Å². The maximum absolute atomic E-state index is 13.4. The second-order valence-corrected chi connectivity index (χ2v) is 9.56. The number of carboxylic acid groups (broad SMARTS) is 1. The van der Waals surface area contributed by atoms with E-state index in [2.05, 4.69) is 25.1 Å². The monoisotopic (exact) mass is 537 g/mol. The Morgan fingerprint density at radius 3 is 2.54 bits per heavy atom. The van der Waals surface area contributed by atoms with Crippen molar-refractivity contribution in [2.75, 3.05) is 11.9 Å². The number of hydrogen-bond acceptors (Lipinski definition) is 6. The zero-order valence-corrected chi connectivity index (χ0v) is 20.9. The van der Waals surface area contributed by atoms with Crippen molar-refractivity contribution in [2.45, 2.75) is 44.3 Å². The summed E-state index contributed by atoms with van der Waals surface area (Å²) in [4.78, 5) is 41.1. The van der Waals surface area contributed by atoms with Crippen LogP contribution in [0, 0.1) is 6.92 Å². The molecule has 3 aromatic rings. The normalized spacial score (nSPS) is 15.9. The highest BCUT2D eigenvalue weighted by Crippen LogP contribution is 2.52. The van der Waals surface area contributed by atoms with Crippen LogP contribution in [0.2, 0.25) is 0 Å². The van der Waals surface area contributed by atoms with E-state index in [1.165, 1.54) is 12.1 Å². The highest BCUT2D eigenvalue weighted by molar-refractivity contribution is 6.01. The van der Waals surface area contributed by atoms with Crippen molar-refractivity contribution in [3.63, 3.8) is 0 Å². The summed E-state index contributed by atoms with van der Waals surface area (Å²) in [5.74, 6) is -1.46. The summed E-state index contributed by atoms with van der Waals surface area (Å²) >= 11 is 0. The zero-order chi connectivity index (χ0) is 27.8. The number of halogens is 2. The van der Waals surface area contributed by atoms with E-state index in [-0.39, 0.29) is 36.3 Å². The number of pyridine rings is 1. The number of rotatable bonds is 9. The van der Waals surface area contributed by atoms with Crippen molar-refractivity contribution < 1.29 is 37.7 Å². The molecule has 9 nitrogen and oxygen atoms in total. The Morgan fingerprint density at radius 2 is 1.79 bits per heavy atom. The molecule has 0 radical (unpaired) electrons. The molecule has 1 aliphatic heterocycles. The van der Waals surface area contributed by atoms with E-state index in [1.54, 1.807) is 42.5 Å². The molecule has 11 heteroatoms. The minimum absolute atomic E-state index is 0.0339. The van der Waals surface area contributed by atoms with E-state index in [0.717, 1.165) is 5.56 Å². The first kappa shape index (κ1) is 26.1. The van der Waals surface area contributed by atoms with Gasteiger partial charge in [-0.15, -0.1) is 8.78 Å². The predicted octanol–water partition coefficient (Wildman–Crippen LogP) is 4.64. The number of aliphatic carboxylic acids is 1. The second kappa shape index (κ2) is 9.97. The molecule has 3 N–H and O–H groups in total. The number of benzene rings is 2. The second-order valence-electron chi connectivity index (χ2n) is 9.56. The number of nitrogens with zero attached hydrogens (tertiary/aromatic N) is 1. The number of aromatic nitrogens is 1. The molecule has 39 heavy (non-hydrogen) atoms. The van der Waals surface area contributed by atoms with Crippen LogP contribution in [0.25, 0.3) is 11.3 Å². The molecule has 1 aliphatic carbocycles. The largest absolute Gasteiger partial charge is 0.586 e. The lowest BCUT2D eigenvalue weighted by atomic mass is 9.94. The summed E-state index contributed by atoms with van der Waals surface area (Å²) in [6.45, 7) is 2.10. The van der Waals surface area contributed by atoms with Gasteiger partial charge in [-0.2, -0.15) is 0 Å². The van der Waals surface area contributed by atoms with Gasteiger partial charge in [0.1, 0.15) is 5.82 Å². The fraction of sp³-hybridized carbons (Fsp3) is 0.286. The van der Waals surface area contributed by atoms with Gasteiger partial charge in [-0.25, -0.2) is 4.98 Å². The molecule has 0 spiro atoms. The van der Waals surface area contributed by atoms with Gasteiger partial charge in [0.05, 0.1) is 11.1 Å². The number of nitrogens with one attached hydrogen (secondary N) is 2. The summed E-state index contributed by atoms with van der Waals surface area (Å²) in [5.41, 5.74) is 2.12. The highest BCUT2D eigenvalue weighted by Gasteiger charge is 2.53. The number of carbonyl (C=O) groups excluding carboxylic acids is 2. The molecule has 202 valence electrons. The maximum atomic E-state index is 13.4. The number of anilines is 1. The molecule has 0 bridgehead atoms. The number of amides is 2. The van der Waals surface area contributed by atoms with Crippen LogP contribution in [-0.4, -0.2) is 40.7 Å². The Labute approximate surface area is 222 Å². The van der Waals surface area contributed by atoms with Crippen LogP contribution in [0.5, 0.6) is 11.5 Å². The van der Waals surface area contributed by atoms with Crippen molar-refractivity contribution in [1.29, 1.82) is 0 Å². The molecular formula is C28H25F2N3O6. The number of aryl methyl sites for hydroxylation is 1. The lowest BCUT2D eigenvalue weighted by molar-refractivity contribution is -0.286. The third-order valence-electron chi connectivity index (χ3n) is 6.73. The molecule has 1 aromatic heterocycles. The molecule has 2 aliphatic rings. The van der Waals surface area contributed by atoms with Crippen LogP contribution in [0.4, 0.5) is 14.6 Å². The van der Waals surface area contributed by atoms with Gasteiger partial charge in [0.25, 0.3) is 5.91 Å². The number of ether oxygens (including phenoxy) is 2. The Morgan fingerprint density at radius 1 is 1.03 bits per heavy atom. The number of alkyl halides is 2. The van der Waals surface area contributed by atoms with Crippen molar-refractivity contribution in [2.24, 2.45) is 0 Å². The number of carboxylic acids is 1. The first-order valence-electron chi connectivity index (χ1n) is 12.4. The fourth-order valence-electron chi connectivity index (χ4n) is 4.50. The quantitative estimate of drug-likeness (QED) is 0.339. The van der Waals surface area contributed by atoms with Gasteiger partial charge < -0.3 is 25.2 Å². The summed E-state index contributed by atoms with van der Waals surface area (Å²) in [6, 6.07) is 14.7. The number of carbonyl (C=O) groups is 3. The third kappa shape index (κ3) is 5.52. The zero-order valence-electron chi connectivity index (χ0n) is 20.9. The van der Waals surface area contributed by atoms with Crippen LogP contribution in [0.1, 0.15) is 47.2 Å². The lowest BCUT2D eigenvalue weighted by Crippen LogP contribution is -2.28. The van der Waals surface area contributed by atoms with Crippen LogP contribution in [0.3, 0.4) is 0 Å². The van der Waals surface area contributed by atoms with Gasteiger partial charge in [0, 0.05) is 24.1 Å². The standard InChI is InChI=1S/C28H25F2N3O6/c1-16-7-10-22(32-24(16)17-4-2-5-18(14-17)25(36)31-13-3-6-23(34)35)33-26(37)27(11-12-27)19-8-9-20-21(15-19)39-28(29,30)38-20/h2,4-5,7-10,14-15H,3,6,11-13H2,1H3,(H,31,36)(H,34,35)(H,32,33,37). The van der Waals surface area contributed by atoms with Crippen LogP contribution < -0.4 is 20.1 Å². The highest BCUT2D eigenvalue weighted by atomic mass is 19.3. The van der Waals surface area contributed by atoms with Gasteiger partial charge in [-0.3, -0.25) is 14.4 Å². The molecule has 0 unspecified atom stereocenters. The molecule has 0 atom stereocenters. The van der Waals surface area contributed by atoms with E-state index < -0.39 is 17.7 Å². The Balaban J connectivity index is 1.31. The van der Waals surface area contributed by atoms with Crippen LogP contribution in [-0.2, 0) is 15.0 Å². The van der Waals surface area contributed by atoms with E-state index in [9.17, 15) is 23.2 Å². The van der Waals surface area contributed by atoms with E-state index in [0.29, 0.717) is 47.5 Å². The minimum Gasteiger partial charge on any atom is -0.481 e. The van der Waals surface area contributed by atoms with Gasteiger partial charge in [-0.1, -0.05) is 24.3 Å². The Kier molecular flexibility index (Phi) is 6.67. The van der Waals surface area contributed by atoms with Crippen molar-refractivity contribution in [3.05, 3.63) is 71.3 Å². The fourth-order valence-corrected chi connectivity index (χ4v) is 4.50. The number of fused-ring (bicyclic) bond motifs is 1. The molecule has 2 heterocycles. The van der Waals surface area contributed by atoms with Crippen LogP contribution >= 0.6 is 0 Å². The minimum atomic E-state index is -3.74. The smallest absolute Gasteiger partial charge is 0.481 e. The van der Waals surface area contributed by atoms with E-state index in [4.69, 9.17) is 5.11 Å². The lowest BCUT2D eigenvalue weighted by Gasteiger charge is -2.17. The Bertz CT molecular complexity index is 1470. The van der Waals surface area contributed by atoms with Gasteiger partial charge >= 0.3 is 12.3 Å². The average Bonchev–Trinajstić information content (AvgIpc) is 3.64. The SMILES string of the molecule is Cc1ccc(NC(=O)C2(c3ccc4c(c3)OC(F)(F)O4)CC2)nc1-c1cccc(C(=O)NCCCC(=O)O)c1. The predicted molar refractivity (Wildman–Crippen MR) is 136 cm³/mol. The summed E-state index contributed by atoms with van der Waals surface area (Å²) in [5, 5.41) is 14.3. The van der Waals surface area contributed by atoms with Crippen molar-refractivity contribution >= 4 is 23.6 Å². The van der Waals surface area contributed by atoms with Gasteiger partial charge in [-0.05, 0) is 67.6 Å². The van der Waals surface area contributed by atoms with Gasteiger partial charge in [0.15, 0.2) is 11.5 Å². The molecule has 2 amide bonds. The first-order chi connectivity index (χ1) is 18.6. The number of hydrogen-bond donors (Lipinski definition) is 3. The first-order valence-corrected chi connectivity index (χ1v) is 12.4. The molecule has 1 fully saturated rings. The van der Waals surface area contributed by atoms with E-state index in [1.807, 2.05) is 6.92 Å².